The van der Waals surface area contributed by atoms with E-state index in [0.29, 0.717) is 6.04 Å². The fraction of sp³-hybridized carbons (Fsp3) is 1.00. The first kappa shape index (κ1) is 16.9. The molecule has 0 spiro atoms. The Morgan fingerprint density at radius 2 is 1.89 bits per heavy atom. The number of hydrogen-bond acceptors (Lipinski definition) is 3. The minimum atomic E-state index is -0.426. The van der Waals surface area contributed by atoms with Crippen LogP contribution in [0, 0.1) is 5.41 Å². The number of aliphatic hydroxyl groups is 1. The second kappa shape index (κ2) is 7.05. The summed E-state index contributed by atoms with van der Waals surface area (Å²) in [6, 6.07) is 0.494. The van der Waals surface area contributed by atoms with E-state index in [1.807, 2.05) is 0 Å². The Labute approximate surface area is 119 Å². The van der Waals surface area contributed by atoms with E-state index in [1.54, 1.807) is 0 Å². The predicted molar refractivity (Wildman–Crippen MR) is 82.5 cm³/mol. The first-order valence-corrected chi connectivity index (χ1v) is 7.93. The largest absolute Gasteiger partial charge is 0.389 e. The maximum absolute atomic E-state index is 10.5. The molecule has 1 saturated carbocycles. The van der Waals surface area contributed by atoms with Gasteiger partial charge in [-0.1, -0.05) is 33.6 Å². The summed E-state index contributed by atoms with van der Waals surface area (Å²) in [4.78, 5) is 2.31. The van der Waals surface area contributed by atoms with E-state index in [4.69, 9.17) is 0 Å². The van der Waals surface area contributed by atoms with Crippen LogP contribution in [0.2, 0.25) is 0 Å². The second-order valence-electron chi connectivity index (χ2n) is 7.27. The van der Waals surface area contributed by atoms with Gasteiger partial charge in [0.05, 0.1) is 5.60 Å². The average Bonchev–Trinajstić information content (AvgIpc) is 2.71. The Balaban J connectivity index is 2.42. The Hall–Kier alpha value is -0.120. The van der Waals surface area contributed by atoms with Crippen molar-refractivity contribution in [3.05, 3.63) is 0 Å². The molecule has 1 fully saturated rings. The smallest absolute Gasteiger partial charge is 0.0774 e. The van der Waals surface area contributed by atoms with Crippen molar-refractivity contribution in [2.24, 2.45) is 5.41 Å². The molecular weight excluding hydrogens is 236 g/mol. The van der Waals surface area contributed by atoms with E-state index in [1.165, 1.54) is 19.3 Å². The first-order valence-electron chi connectivity index (χ1n) is 7.93. The van der Waals surface area contributed by atoms with Crippen molar-refractivity contribution in [2.75, 3.05) is 26.7 Å². The molecule has 0 amide bonds. The predicted octanol–water partition coefficient (Wildman–Crippen LogP) is 2.64. The Bertz CT molecular complexity index is 259. The van der Waals surface area contributed by atoms with Gasteiger partial charge in [-0.15, -0.1) is 0 Å². The fourth-order valence-electron chi connectivity index (χ4n) is 3.22. The van der Waals surface area contributed by atoms with Crippen LogP contribution in [0.5, 0.6) is 0 Å². The van der Waals surface area contributed by atoms with Crippen molar-refractivity contribution in [3.63, 3.8) is 0 Å². The van der Waals surface area contributed by atoms with E-state index in [0.717, 1.165) is 32.5 Å². The lowest BCUT2D eigenvalue weighted by Gasteiger charge is -2.38. The highest BCUT2D eigenvalue weighted by atomic mass is 16.3. The lowest BCUT2D eigenvalue weighted by atomic mass is 9.84. The zero-order valence-corrected chi connectivity index (χ0v) is 13.6. The molecule has 0 aromatic carbocycles. The summed E-state index contributed by atoms with van der Waals surface area (Å²) in [6.07, 6.45) is 5.49. The summed E-state index contributed by atoms with van der Waals surface area (Å²) >= 11 is 0. The molecular formula is C16H34N2O. The molecule has 114 valence electrons. The lowest BCUT2D eigenvalue weighted by molar-refractivity contribution is 0.00546. The van der Waals surface area contributed by atoms with Crippen molar-refractivity contribution in [1.29, 1.82) is 0 Å². The lowest BCUT2D eigenvalue weighted by Crippen LogP contribution is -2.49. The van der Waals surface area contributed by atoms with Crippen LogP contribution in [0.1, 0.15) is 59.8 Å². The molecule has 19 heavy (non-hydrogen) atoms. The molecule has 0 saturated heterocycles. The third-order valence-electron chi connectivity index (χ3n) is 4.65. The molecule has 1 rings (SSSR count). The molecule has 1 atom stereocenters. The van der Waals surface area contributed by atoms with Gasteiger partial charge < -0.3 is 15.3 Å². The van der Waals surface area contributed by atoms with Crippen molar-refractivity contribution >= 4 is 0 Å². The van der Waals surface area contributed by atoms with Crippen molar-refractivity contribution in [3.8, 4) is 0 Å². The monoisotopic (exact) mass is 270 g/mol. The van der Waals surface area contributed by atoms with Crippen molar-refractivity contribution in [2.45, 2.75) is 71.4 Å². The minimum absolute atomic E-state index is 0.221. The Morgan fingerprint density at radius 1 is 1.32 bits per heavy atom. The van der Waals surface area contributed by atoms with Crippen LogP contribution in [-0.4, -0.2) is 48.3 Å². The van der Waals surface area contributed by atoms with E-state index in [-0.39, 0.29) is 5.41 Å². The molecule has 1 aliphatic carbocycles. The van der Waals surface area contributed by atoms with Crippen LogP contribution in [0.3, 0.4) is 0 Å². The zero-order valence-electron chi connectivity index (χ0n) is 13.6. The van der Waals surface area contributed by atoms with E-state index < -0.39 is 5.60 Å². The third kappa shape index (κ3) is 5.41. The standard InChI is InChI=1S/C16H34N2O/c1-6-11-17-14(2)15(3,4)12-18(5)13-16(19)9-7-8-10-16/h14,17,19H,6-13H2,1-5H3. The van der Waals surface area contributed by atoms with Crippen molar-refractivity contribution < 1.29 is 5.11 Å². The summed E-state index contributed by atoms with van der Waals surface area (Å²) in [5.41, 5.74) is -0.205. The minimum Gasteiger partial charge on any atom is -0.389 e. The number of likely N-dealkylation sites (N-methyl/N-ethyl adjacent to an activating group) is 1. The van der Waals surface area contributed by atoms with Gasteiger partial charge in [-0.2, -0.15) is 0 Å². The topological polar surface area (TPSA) is 35.5 Å². The SMILES string of the molecule is CCCNC(C)C(C)(C)CN(C)CC1(O)CCCC1. The molecule has 0 bridgehead atoms. The molecule has 3 nitrogen and oxygen atoms in total. The highest BCUT2D eigenvalue weighted by molar-refractivity contribution is 4.89. The molecule has 0 aromatic heterocycles. The maximum Gasteiger partial charge on any atom is 0.0774 e. The van der Waals surface area contributed by atoms with Gasteiger partial charge in [0.25, 0.3) is 0 Å². The molecule has 1 aliphatic rings. The highest BCUT2D eigenvalue weighted by Gasteiger charge is 2.34. The first-order chi connectivity index (χ1) is 8.79. The molecule has 1 unspecified atom stereocenters. The zero-order chi connectivity index (χ0) is 14.5. The molecule has 0 radical (unpaired) electrons. The normalized spacial score (nSPS) is 21.0. The van der Waals surface area contributed by atoms with Gasteiger partial charge >= 0.3 is 0 Å². The number of rotatable bonds is 8. The molecule has 2 N–H and O–H groups in total. The molecule has 0 aromatic rings. The summed E-state index contributed by atoms with van der Waals surface area (Å²) in [5.74, 6) is 0. The van der Waals surface area contributed by atoms with Crippen LogP contribution in [0.25, 0.3) is 0 Å². The van der Waals surface area contributed by atoms with Crippen LogP contribution in [0.4, 0.5) is 0 Å². The number of nitrogens with zero attached hydrogens (tertiary/aromatic N) is 1. The van der Waals surface area contributed by atoms with E-state index >= 15 is 0 Å². The second-order valence-corrected chi connectivity index (χ2v) is 7.27. The van der Waals surface area contributed by atoms with Gasteiger partial charge in [-0.3, -0.25) is 0 Å². The highest BCUT2D eigenvalue weighted by Crippen LogP contribution is 2.31. The van der Waals surface area contributed by atoms with Gasteiger partial charge in [0.15, 0.2) is 0 Å². The fourth-order valence-corrected chi connectivity index (χ4v) is 3.22. The van der Waals surface area contributed by atoms with Crippen LogP contribution in [0.15, 0.2) is 0 Å². The molecule has 0 aliphatic heterocycles. The van der Waals surface area contributed by atoms with Gasteiger partial charge in [0, 0.05) is 19.1 Å². The summed E-state index contributed by atoms with van der Waals surface area (Å²) in [5, 5.41) is 14.1. The van der Waals surface area contributed by atoms with E-state index in [2.05, 4.69) is 45.0 Å². The van der Waals surface area contributed by atoms with E-state index in [9.17, 15) is 5.11 Å². The van der Waals surface area contributed by atoms with Crippen LogP contribution < -0.4 is 5.32 Å². The Kier molecular flexibility index (Phi) is 6.28. The molecule has 0 heterocycles. The summed E-state index contributed by atoms with van der Waals surface area (Å²) in [7, 11) is 2.14. The third-order valence-corrected chi connectivity index (χ3v) is 4.65. The van der Waals surface area contributed by atoms with Crippen LogP contribution in [-0.2, 0) is 0 Å². The summed E-state index contributed by atoms with van der Waals surface area (Å²) in [6.45, 7) is 12.0. The quantitative estimate of drug-likeness (QED) is 0.712. The number of nitrogens with one attached hydrogen (secondary N) is 1. The maximum atomic E-state index is 10.5. The van der Waals surface area contributed by atoms with Gasteiger partial charge in [0.1, 0.15) is 0 Å². The van der Waals surface area contributed by atoms with Gasteiger partial charge in [0.2, 0.25) is 0 Å². The Morgan fingerprint density at radius 3 is 2.42 bits per heavy atom. The average molecular weight is 270 g/mol. The molecule has 3 heteroatoms. The van der Waals surface area contributed by atoms with Crippen LogP contribution >= 0.6 is 0 Å². The van der Waals surface area contributed by atoms with Gasteiger partial charge in [-0.05, 0) is 45.2 Å². The van der Waals surface area contributed by atoms with Gasteiger partial charge in [-0.25, -0.2) is 0 Å². The summed E-state index contributed by atoms with van der Waals surface area (Å²) < 4.78 is 0. The van der Waals surface area contributed by atoms with Crippen molar-refractivity contribution in [1.82, 2.24) is 10.2 Å². The number of hydrogen-bond donors (Lipinski definition) is 2.